The van der Waals surface area contributed by atoms with Gasteiger partial charge in [-0.1, -0.05) is 6.07 Å². The third-order valence-corrected chi connectivity index (χ3v) is 5.12. The second-order valence-corrected chi connectivity index (χ2v) is 8.17. The summed E-state index contributed by atoms with van der Waals surface area (Å²) >= 11 is 0. The molecular weight excluding hydrogens is 451 g/mol. The van der Waals surface area contributed by atoms with Crippen LogP contribution in [0, 0.1) is 0 Å². The molecule has 2 N–H and O–H groups in total. The number of halogens is 3. The molecule has 0 radical (unpaired) electrons. The first-order chi connectivity index (χ1) is 16.1. The number of nitrogens with zero attached hydrogens (tertiary/aromatic N) is 5. The van der Waals surface area contributed by atoms with Gasteiger partial charge in [0, 0.05) is 37.6 Å². The number of hydrogen-bond acceptors (Lipinski definition) is 7. The summed E-state index contributed by atoms with van der Waals surface area (Å²) < 4.78 is 45.3. The Morgan fingerprint density at radius 1 is 1.18 bits per heavy atom. The minimum atomic E-state index is -4.46. The Bertz CT molecular complexity index is 1160. The number of pyridine rings is 2. The average Bonchev–Trinajstić information content (AvgIpc) is 3.22. The lowest BCUT2D eigenvalue weighted by Gasteiger charge is -2.35. The zero-order valence-electron chi connectivity index (χ0n) is 18.8. The van der Waals surface area contributed by atoms with Crippen molar-refractivity contribution in [1.29, 1.82) is 0 Å². The Hall–Kier alpha value is -3.67. The van der Waals surface area contributed by atoms with Gasteiger partial charge in [0.2, 0.25) is 6.23 Å². The van der Waals surface area contributed by atoms with E-state index in [9.17, 15) is 18.0 Å². The van der Waals surface area contributed by atoms with Crippen molar-refractivity contribution in [3.05, 3.63) is 59.8 Å². The predicted octanol–water partition coefficient (Wildman–Crippen LogP) is 3.49. The van der Waals surface area contributed by atoms with E-state index < -0.39 is 18.1 Å². The fourth-order valence-electron chi connectivity index (χ4n) is 3.49. The van der Waals surface area contributed by atoms with E-state index in [1.54, 1.807) is 35.2 Å². The van der Waals surface area contributed by atoms with E-state index in [2.05, 4.69) is 25.7 Å². The number of amides is 1. The first kappa shape index (κ1) is 23.5. The Kier molecular flexibility index (Phi) is 6.42. The molecule has 1 aliphatic heterocycles. The molecule has 1 amide bonds. The number of aromatic nitrogens is 4. The Morgan fingerprint density at radius 3 is 2.65 bits per heavy atom. The van der Waals surface area contributed by atoms with Crippen molar-refractivity contribution in [1.82, 2.24) is 19.7 Å². The maximum absolute atomic E-state index is 12.7. The van der Waals surface area contributed by atoms with Crippen molar-refractivity contribution in [2.75, 3.05) is 22.6 Å². The number of nitrogens with one attached hydrogen (secondary N) is 2. The van der Waals surface area contributed by atoms with Gasteiger partial charge in [-0.25, -0.2) is 4.98 Å². The lowest BCUT2D eigenvalue weighted by Crippen LogP contribution is -2.48. The molecule has 34 heavy (non-hydrogen) atoms. The van der Waals surface area contributed by atoms with Crippen LogP contribution in [0.1, 0.15) is 30.7 Å². The summed E-state index contributed by atoms with van der Waals surface area (Å²) in [6.07, 6.45) is 0.930. The van der Waals surface area contributed by atoms with Crippen LogP contribution in [-0.4, -0.2) is 45.0 Å². The van der Waals surface area contributed by atoms with Crippen LogP contribution in [0.15, 0.2) is 43.0 Å². The van der Waals surface area contributed by atoms with Crippen LogP contribution in [-0.2, 0) is 28.8 Å². The Morgan fingerprint density at radius 2 is 1.97 bits per heavy atom. The highest BCUT2D eigenvalue weighted by Crippen LogP contribution is 2.33. The molecule has 0 saturated heterocycles. The van der Waals surface area contributed by atoms with Crippen LogP contribution in [0.4, 0.5) is 30.4 Å². The highest BCUT2D eigenvalue weighted by molar-refractivity contribution is 6.02. The number of carbonyl (C=O) groups is 1. The summed E-state index contributed by atoms with van der Waals surface area (Å²) in [5, 5.41) is 10.3. The number of rotatable bonds is 7. The highest BCUT2D eigenvalue weighted by Gasteiger charge is 2.33. The van der Waals surface area contributed by atoms with Crippen molar-refractivity contribution >= 4 is 23.1 Å². The molecule has 0 spiro atoms. The van der Waals surface area contributed by atoms with Crippen LogP contribution in [0.25, 0.3) is 0 Å². The van der Waals surface area contributed by atoms with Crippen LogP contribution < -0.4 is 15.5 Å². The zero-order chi connectivity index (χ0) is 24.5. The highest BCUT2D eigenvalue weighted by atomic mass is 19.4. The molecule has 4 rings (SSSR count). The minimum Gasteiger partial charge on any atom is -0.366 e. The van der Waals surface area contributed by atoms with Gasteiger partial charge in [-0.05, 0) is 25.5 Å². The molecule has 4 heterocycles. The molecule has 3 aromatic rings. The zero-order valence-corrected chi connectivity index (χ0v) is 18.8. The third kappa shape index (κ3) is 5.28. The van der Waals surface area contributed by atoms with E-state index >= 15 is 0 Å². The minimum absolute atomic E-state index is 0.117. The fourth-order valence-corrected chi connectivity index (χ4v) is 3.49. The first-order valence-electron chi connectivity index (χ1n) is 10.6. The van der Waals surface area contributed by atoms with Crippen molar-refractivity contribution in [2.24, 2.45) is 0 Å². The number of carbonyl (C=O) groups excluding carboxylic acids is 1. The maximum atomic E-state index is 12.7. The van der Waals surface area contributed by atoms with Gasteiger partial charge in [0.1, 0.15) is 11.5 Å². The Labute approximate surface area is 194 Å². The SMILES string of the molecule is CC(C)OC1C(=O)Nc2cnc(NCc3cnn(Cc4ccc(C(F)(F)F)nc4)c3)cc2N1C. The summed E-state index contributed by atoms with van der Waals surface area (Å²) in [7, 11) is 1.79. The molecule has 0 fully saturated rings. The molecule has 1 aliphatic rings. The average molecular weight is 475 g/mol. The fraction of sp³-hybridized carbons (Fsp3) is 0.364. The lowest BCUT2D eigenvalue weighted by atomic mass is 10.2. The monoisotopic (exact) mass is 475 g/mol. The van der Waals surface area contributed by atoms with Crippen molar-refractivity contribution < 1.29 is 22.7 Å². The summed E-state index contributed by atoms with van der Waals surface area (Å²) in [6, 6.07) is 4.17. The summed E-state index contributed by atoms with van der Waals surface area (Å²) in [5.74, 6) is 0.353. The lowest BCUT2D eigenvalue weighted by molar-refractivity contribution is -0.141. The number of alkyl halides is 3. The standard InChI is InChI=1S/C22H24F3N7O2/c1-13(2)34-21-20(33)30-16-10-28-19(6-17(16)31(21)3)27-8-15-9-29-32(12-15)11-14-4-5-18(26-7-14)22(23,24)25/h4-7,9-10,12-13,21H,8,11H2,1-3H3,(H,27,28)(H,30,33). The molecule has 12 heteroatoms. The van der Waals surface area contributed by atoms with Crippen LogP contribution in [0.3, 0.4) is 0 Å². The molecule has 0 aromatic carbocycles. The van der Waals surface area contributed by atoms with E-state index in [0.717, 1.165) is 17.3 Å². The van der Waals surface area contributed by atoms with Crippen LogP contribution in [0.5, 0.6) is 0 Å². The number of anilines is 3. The van der Waals surface area contributed by atoms with Crippen LogP contribution >= 0.6 is 0 Å². The molecule has 9 nitrogen and oxygen atoms in total. The van der Waals surface area contributed by atoms with E-state index in [4.69, 9.17) is 4.74 Å². The topological polar surface area (TPSA) is 97.2 Å². The second kappa shape index (κ2) is 9.29. The van der Waals surface area contributed by atoms with Crippen molar-refractivity contribution in [3.8, 4) is 0 Å². The van der Waals surface area contributed by atoms with E-state index in [-0.39, 0.29) is 12.0 Å². The molecule has 1 atom stereocenters. The molecule has 0 saturated carbocycles. The number of likely N-dealkylation sites (N-methyl/N-ethyl adjacent to an activating group) is 1. The van der Waals surface area contributed by atoms with E-state index in [1.165, 1.54) is 12.3 Å². The van der Waals surface area contributed by atoms with Crippen molar-refractivity contribution in [3.63, 3.8) is 0 Å². The molecular formula is C22H24F3N7O2. The molecule has 0 bridgehead atoms. The quantitative estimate of drug-likeness (QED) is 0.540. The van der Waals surface area contributed by atoms with Gasteiger partial charge in [0.25, 0.3) is 5.91 Å². The number of ether oxygens (including phenoxy) is 1. The molecule has 180 valence electrons. The summed E-state index contributed by atoms with van der Waals surface area (Å²) in [4.78, 5) is 21.9. The summed E-state index contributed by atoms with van der Waals surface area (Å²) in [5.41, 5.74) is 1.91. The third-order valence-electron chi connectivity index (χ3n) is 5.12. The largest absolute Gasteiger partial charge is 0.433 e. The van der Waals surface area contributed by atoms with Gasteiger partial charge in [-0.15, -0.1) is 0 Å². The second-order valence-electron chi connectivity index (χ2n) is 8.17. The smallest absolute Gasteiger partial charge is 0.366 e. The first-order valence-corrected chi connectivity index (χ1v) is 10.6. The van der Waals surface area contributed by atoms with Gasteiger partial charge < -0.3 is 20.3 Å². The Balaban J connectivity index is 1.39. The van der Waals surface area contributed by atoms with E-state index in [0.29, 0.717) is 30.2 Å². The predicted molar refractivity (Wildman–Crippen MR) is 119 cm³/mol. The van der Waals surface area contributed by atoms with Crippen molar-refractivity contribution in [2.45, 2.75) is 45.4 Å². The van der Waals surface area contributed by atoms with Gasteiger partial charge in [-0.2, -0.15) is 18.3 Å². The summed E-state index contributed by atoms with van der Waals surface area (Å²) in [6.45, 7) is 4.46. The van der Waals surface area contributed by atoms with Gasteiger partial charge in [0.15, 0.2) is 0 Å². The maximum Gasteiger partial charge on any atom is 0.433 e. The molecule has 0 aliphatic carbocycles. The number of hydrogen-bond donors (Lipinski definition) is 2. The van der Waals surface area contributed by atoms with E-state index in [1.807, 2.05) is 19.9 Å². The van der Waals surface area contributed by atoms with Gasteiger partial charge >= 0.3 is 6.18 Å². The molecule has 3 aromatic heterocycles. The molecule has 1 unspecified atom stereocenters. The normalized spacial score (nSPS) is 15.9. The van der Waals surface area contributed by atoms with Gasteiger partial charge in [0.05, 0.1) is 36.4 Å². The number of fused-ring (bicyclic) bond motifs is 1. The van der Waals surface area contributed by atoms with Crippen LogP contribution in [0.2, 0.25) is 0 Å². The van der Waals surface area contributed by atoms with Gasteiger partial charge in [-0.3, -0.25) is 14.5 Å².